The van der Waals surface area contributed by atoms with Crippen molar-refractivity contribution in [3.05, 3.63) is 24.3 Å². The summed E-state index contributed by atoms with van der Waals surface area (Å²) in [6.07, 6.45) is 0. The van der Waals surface area contributed by atoms with Gasteiger partial charge in [-0.2, -0.15) is 5.90 Å². The fourth-order valence-corrected chi connectivity index (χ4v) is 1.06. The minimum Gasteiger partial charge on any atom is -0.399 e. The molecule has 0 fully saturated rings. The SMILES string of the molecule is NOOSc1cccc(N)c1. The highest BCUT2D eigenvalue weighted by Crippen LogP contribution is 2.20. The van der Waals surface area contributed by atoms with Crippen molar-refractivity contribution in [3.63, 3.8) is 0 Å². The molecule has 0 saturated heterocycles. The van der Waals surface area contributed by atoms with Gasteiger partial charge in [0.05, 0.1) is 12.0 Å². The van der Waals surface area contributed by atoms with E-state index in [4.69, 9.17) is 5.73 Å². The van der Waals surface area contributed by atoms with E-state index in [0.29, 0.717) is 5.69 Å². The predicted molar refractivity (Wildman–Crippen MR) is 43.1 cm³/mol. The highest BCUT2D eigenvalue weighted by molar-refractivity contribution is 7.94. The summed E-state index contributed by atoms with van der Waals surface area (Å²) in [5.74, 6) is 4.64. The van der Waals surface area contributed by atoms with E-state index in [9.17, 15) is 0 Å². The van der Waals surface area contributed by atoms with Gasteiger partial charge in [0.15, 0.2) is 0 Å². The summed E-state index contributed by atoms with van der Waals surface area (Å²) >= 11 is 1.01. The first-order valence-electron chi connectivity index (χ1n) is 2.88. The van der Waals surface area contributed by atoms with Gasteiger partial charge in [0, 0.05) is 10.6 Å². The molecule has 1 aromatic carbocycles. The number of anilines is 1. The summed E-state index contributed by atoms with van der Waals surface area (Å²) in [6, 6.07) is 7.19. The van der Waals surface area contributed by atoms with Gasteiger partial charge in [-0.15, -0.1) is 9.32 Å². The molecule has 0 radical (unpaired) electrons. The minimum absolute atomic E-state index is 0.677. The lowest BCUT2D eigenvalue weighted by Gasteiger charge is -1.97. The first-order chi connectivity index (χ1) is 5.33. The summed E-state index contributed by atoms with van der Waals surface area (Å²) in [5, 5.41) is 0. The average molecular weight is 172 g/mol. The average Bonchev–Trinajstić information content (AvgIpc) is 2.01. The first kappa shape index (κ1) is 8.35. The zero-order valence-electron chi connectivity index (χ0n) is 5.69. The summed E-state index contributed by atoms with van der Waals surface area (Å²) < 4.78 is 4.41. The van der Waals surface area contributed by atoms with Crippen LogP contribution in [0.4, 0.5) is 5.69 Å². The van der Waals surface area contributed by atoms with Gasteiger partial charge in [-0.1, -0.05) is 6.07 Å². The Morgan fingerprint density at radius 2 is 2.18 bits per heavy atom. The number of hydrogen-bond donors (Lipinski definition) is 2. The maximum Gasteiger partial charge on any atom is 0.0703 e. The molecule has 0 aliphatic carbocycles. The molecule has 0 aromatic heterocycles. The molecule has 1 rings (SSSR count). The maximum atomic E-state index is 5.49. The molecule has 4 nitrogen and oxygen atoms in total. The minimum atomic E-state index is 0.677. The third kappa shape index (κ3) is 2.77. The van der Waals surface area contributed by atoms with Crippen molar-refractivity contribution in [2.75, 3.05) is 5.73 Å². The molecule has 5 heteroatoms. The smallest absolute Gasteiger partial charge is 0.0703 e. The molecular formula is C6H8N2O2S. The van der Waals surface area contributed by atoms with Crippen molar-refractivity contribution in [2.24, 2.45) is 5.90 Å². The number of rotatable bonds is 3. The van der Waals surface area contributed by atoms with E-state index >= 15 is 0 Å². The van der Waals surface area contributed by atoms with Crippen LogP contribution >= 0.6 is 12.0 Å². The highest BCUT2D eigenvalue weighted by atomic mass is 32.2. The molecule has 0 heterocycles. The van der Waals surface area contributed by atoms with Crippen LogP contribution in [0.3, 0.4) is 0 Å². The van der Waals surface area contributed by atoms with E-state index in [2.05, 4.69) is 15.2 Å². The van der Waals surface area contributed by atoms with E-state index in [-0.39, 0.29) is 0 Å². The van der Waals surface area contributed by atoms with Crippen molar-refractivity contribution in [2.45, 2.75) is 4.90 Å². The molecule has 0 spiro atoms. The zero-order valence-corrected chi connectivity index (χ0v) is 6.51. The number of benzene rings is 1. The lowest BCUT2D eigenvalue weighted by molar-refractivity contribution is -0.195. The highest BCUT2D eigenvalue weighted by Gasteiger charge is 1.94. The van der Waals surface area contributed by atoms with Crippen molar-refractivity contribution < 1.29 is 9.32 Å². The third-order valence-corrected chi connectivity index (χ3v) is 1.62. The second-order valence-corrected chi connectivity index (χ2v) is 2.59. The quantitative estimate of drug-likeness (QED) is 0.309. The summed E-state index contributed by atoms with van der Waals surface area (Å²) in [6.45, 7) is 0. The molecule has 0 aliphatic heterocycles. The summed E-state index contributed by atoms with van der Waals surface area (Å²) in [5.41, 5.74) is 6.17. The Bertz CT molecular complexity index is 232. The monoisotopic (exact) mass is 172 g/mol. The van der Waals surface area contributed by atoms with Gasteiger partial charge in [0.1, 0.15) is 0 Å². The summed E-state index contributed by atoms with van der Waals surface area (Å²) in [4.78, 5) is 4.75. The van der Waals surface area contributed by atoms with Crippen LogP contribution in [-0.4, -0.2) is 0 Å². The normalized spacial score (nSPS) is 9.91. The van der Waals surface area contributed by atoms with Gasteiger partial charge >= 0.3 is 0 Å². The van der Waals surface area contributed by atoms with E-state index in [1.807, 2.05) is 12.1 Å². The molecule has 0 saturated carbocycles. The van der Waals surface area contributed by atoms with Crippen LogP contribution in [0.1, 0.15) is 0 Å². The third-order valence-electron chi connectivity index (χ3n) is 1.03. The van der Waals surface area contributed by atoms with Crippen LogP contribution in [0.5, 0.6) is 0 Å². The largest absolute Gasteiger partial charge is 0.399 e. The van der Waals surface area contributed by atoms with Crippen LogP contribution < -0.4 is 11.6 Å². The molecule has 60 valence electrons. The molecule has 0 atom stereocenters. The number of nitrogen functional groups attached to an aromatic ring is 1. The maximum absolute atomic E-state index is 5.49. The molecule has 0 aliphatic rings. The Morgan fingerprint density at radius 3 is 2.82 bits per heavy atom. The van der Waals surface area contributed by atoms with Crippen LogP contribution in [0.25, 0.3) is 0 Å². The van der Waals surface area contributed by atoms with Crippen LogP contribution in [0.2, 0.25) is 0 Å². The van der Waals surface area contributed by atoms with Crippen LogP contribution in [0, 0.1) is 0 Å². The van der Waals surface area contributed by atoms with Crippen molar-refractivity contribution in [3.8, 4) is 0 Å². The Labute approximate surface area is 68.6 Å². The molecule has 0 amide bonds. The Morgan fingerprint density at radius 1 is 1.36 bits per heavy atom. The van der Waals surface area contributed by atoms with Crippen molar-refractivity contribution >= 4 is 17.7 Å². The van der Waals surface area contributed by atoms with E-state index in [0.717, 1.165) is 16.9 Å². The molecule has 11 heavy (non-hydrogen) atoms. The first-order valence-corrected chi connectivity index (χ1v) is 3.62. The second-order valence-electron chi connectivity index (χ2n) is 1.82. The van der Waals surface area contributed by atoms with Gasteiger partial charge in [-0.05, 0) is 18.2 Å². The molecule has 0 unspecified atom stereocenters. The van der Waals surface area contributed by atoms with Crippen molar-refractivity contribution in [1.29, 1.82) is 0 Å². The molecule has 4 N–H and O–H groups in total. The molecular weight excluding hydrogens is 164 g/mol. The van der Waals surface area contributed by atoms with E-state index in [1.165, 1.54) is 0 Å². The standard InChI is InChI=1S/C6H8N2O2S/c7-5-2-1-3-6(4-5)11-10-9-8/h1-4H,7-8H2. The number of nitrogens with two attached hydrogens (primary N) is 2. The van der Waals surface area contributed by atoms with E-state index in [1.54, 1.807) is 12.1 Å². The number of hydrogen-bond acceptors (Lipinski definition) is 5. The summed E-state index contributed by atoms with van der Waals surface area (Å²) in [7, 11) is 0. The second kappa shape index (κ2) is 4.20. The van der Waals surface area contributed by atoms with E-state index < -0.39 is 0 Å². The van der Waals surface area contributed by atoms with Gasteiger partial charge in [0.2, 0.25) is 0 Å². The molecule has 1 aromatic rings. The zero-order chi connectivity index (χ0) is 8.10. The van der Waals surface area contributed by atoms with Gasteiger partial charge in [0.25, 0.3) is 0 Å². The van der Waals surface area contributed by atoms with Gasteiger partial charge < -0.3 is 5.73 Å². The molecule has 0 bridgehead atoms. The Kier molecular flexibility index (Phi) is 3.18. The Hall–Kier alpha value is -0.750. The van der Waals surface area contributed by atoms with Crippen molar-refractivity contribution in [1.82, 2.24) is 0 Å². The van der Waals surface area contributed by atoms with Gasteiger partial charge in [-0.25, -0.2) is 0 Å². The van der Waals surface area contributed by atoms with Crippen LogP contribution in [-0.2, 0) is 9.32 Å². The lowest BCUT2D eigenvalue weighted by Crippen LogP contribution is -1.94. The lowest BCUT2D eigenvalue weighted by atomic mass is 10.3. The fraction of sp³-hybridized carbons (Fsp3) is 0. The van der Waals surface area contributed by atoms with Crippen LogP contribution in [0.15, 0.2) is 29.2 Å². The topological polar surface area (TPSA) is 70.5 Å². The predicted octanol–water partition coefficient (Wildman–Crippen LogP) is 1.10. The Balaban J connectivity index is 2.56. The van der Waals surface area contributed by atoms with Gasteiger partial charge in [-0.3, -0.25) is 0 Å². The fourth-order valence-electron chi connectivity index (χ4n) is 0.625.